The largest absolute Gasteiger partial charge is 0.477 e. The molecule has 0 aromatic heterocycles. The SMILES string of the molecule is CC(=O)N[C@H]1[C@H]([C@H](O)[C@@H](O)CO)OC(O)(C(=O)O)[13CH2][C@@H]1O. The second kappa shape index (κ2) is 6.64. The number of aliphatic hydroxyl groups is 5. The molecule has 1 unspecified atom stereocenters. The van der Waals surface area contributed by atoms with Gasteiger partial charge in [0.15, 0.2) is 0 Å². The molecule has 122 valence electrons. The molecule has 1 rings (SSSR count). The van der Waals surface area contributed by atoms with Gasteiger partial charge in [0, 0.05) is 13.3 Å². The summed E-state index contributed by atoms with van der Waals surface area (Å²) in [6.45, 7) is 0.256. The number of nitrogens with one attached hydrogen (secondary N) is 1. The maximum Gasteiger partial charge on any atom is 0.364 e. The van der Waals surface area contributed by atoms with Crippen LogP contribution < -0.4 is 5.32 Å². The van der Waals surface area contributed by atoms with Crippen molar-refractivity contribution < 1.29 is 45.0 Å². The number of hydrogen-bond donors (Lipinski definition) is 7. The summed E-state index contributed by atoms with van der Waals surface area (Å²) in [5.41, 5.74) is 0. The van der Waals surface area contributed by atoms with Crippen molar-refractivity contribution in [2.45, 2.75) is 49.6 Å². The fraction of sp³-hybridized carbons (Fsp3) is 0.818. The Labute approximate surface area is 119 Å². The van der Waals surface area contributed by atoms with E-state index in [9.17, 15) is 30.0 Å². The molecule has 0 aromatic carbocycles. The lowest BCUT2D eigenvalue weighted by Gasteiger charge is -2.44. The van der Waals surface area contributed by atoms with E-state index in [1.54, 1.807) is 0 Å². The first-order valence-electron chi connectivity index (χ1n) is 6.18. The summed E-state index contributed by atoms with van der Waals surface area (Å²) in [6.07, 6.45) is -7.48. The predicted molar refractivity (Wildman–Crippen MR) is 64.8 cm³/mol. The number of ether oxygens (including phenoxy) is 1. The van der Waals surface area contributed by atoms with Crippen LogP contribution in [0.25, 0.3) is 0 Å². The zero-order valence-corrected chi connectivity index (χ0v) is 11.2. The van der Waals surface area contributed by atoms with Crippen LogP contribution in [0.4, 0.5) is 0 Å². The maximum absolute atomic E-state index is 11.1. The highest BCUT2D eigenvalue weighted by Gasteiger charge is 2.53. The number of amides is 1. The highest BCUT2D eigenvalue weighted by molar-refractivity contribution is 5.76. The standard InChI is InChI=1S/C11H19NO9/c1-4(14)12-7-5(15)2-11(20,10(18)19)21-9(7)8(17)6(16)3-13/h5-9,13,15-17,20H,2-3H2,1H3,(H,12,14)(H,18,19)/t5-,6-,7+,8+,9+,11?/m0/s1/i2+1. The Kier molecular flexibility index (Phi) is 5.61. The Hall–Kier alpha value is -1.30. The van der Waals surface area contributed by atoms with Crippen LogP contribution in [0.5, 0.6) is 0 Å². The topological polar surface area (TPSA) is 177 Å². The second-order valence-corrected chi connectivity index (χ2v) is 4.91. The molecule has 1 amide bonds. The van der Waals surface area contributed by atoms with E-state index < -0.39 is 61.1 Å². The first-order chi connectivity index (χ1) is 9.62. The molecule has 0 spiro atoms. The van der Waals surface area contributed by atoms with E-state index in [4.69, 9.17) is 14.9 Å². The van der Waals surface area contributed by atoms with Crippen molar-refractivity contribution in [2.24, 2.45) is 0 Å². The number of carbonyl (C=O) groups is 2. The molecule has 0 aliphatic carbocycles. The number of aliphatic hydroxyl groups excluding tert-OH is 4. The molecule has 0 saturated carbocycles. The van der Waals surface area contributed by atoms with Crippen LogP contribution in [0.15, 0.2) is 0 Å². The van der Waals surface area contributed by atoms with Crippen molar-refractivity contribution in [1.29, 1.82) is 0 Å². The van der Waals surface area contributed by atoms with Crippen LogP contribution in [0.1, 0.15) is 13.3 Å². The third-order valence-electron chi connectivity index (χ3n) is 3.21. The van der Waals surface area contributed by atoms with E-state index in [1.165, 1.54) is 0 Å². The maximum atomic E-state index is 11.1. The van der Waals surface area contributed by atoms with Gasteiger partial charge in [-0.15, -0.1) is 0 Å². The molecule has 0 bridgehead atoms. The zero-order chi connectivity index (χ0) is 16.4. The quantitative estimate of drug-likeness (QED) is 0.250. The van der Waals surface area contributed by atoms with Gasteiger partial charge in [-0.3, -0.25) is 4.79 Å². The van der Waals surface area contributed by atoms with Crippen molar-refractivity contribution in [1.82, 2.24) is 5.32 Å². The van der Waals surface area contributed by atoms with Gasteiger partial charge in [0.2, 0.25) is 5.91 Å². The summed E-state index contributed by atoms with van der Waals surface area (Å²) in [5.74, 6) is -5.17. The van der Waals surface area contributed by atoms with E-state index in [2.05, 4.69) is 5.32 Å². The number of carbonyl (C=O) groups excluding carboxylic acids is 1. The van der Waals surface area contributed by atoms with Crippen molar-refractivity contribution >= 4 is 11.9 Å². The molecule has 1 saturated heterocycles. The van der Waals surface area contributed by atoms with E-state index in [1.807, 2.05) is 0 Å². The van der Waals surface area contributed by atoms with Crippen molar-refractivity contribution in [2.75, 3.05) is 6.61 Å². The summed E-state index contributed by atoms with van der Waals surface area (Å²) in [7, 11) is 0. The average molecular weight is 310 g/mol. The number of rotatable bonds is 5. The molecule has 1 heterocycles. The molecule has 0 radical (unpaired) electrons. The Balaban J connectivity index is 3.07. The van der Waals surface area contributed by atoms with E-state index in [0.717, 1.165) is 6.92 Å². The molecule has 0 aromatic rings. The fourth-order valence-corrected chi connectivity index (χ4v) is 2.14. The molecule has 1 aliphatic heterocycles. The lowest BCUT2D eigenvalue weighted by atomic mass is 9.95. The average Bonchev–Trinajstić information content (AvgIpc) is 2.39. The summed E-state index contributed by atoms with van der Waals surface area (Å²) in [6, 6.07) is -1.27. The summed E-state index contributed by atoms with van der Waals surface area (Å²) in [5, 5.41) is 59.0. The molecule has 7 N–H and O–H groups in total. The normalized spacial score (nSPS) is 35.8. The highest BCUT2D eigenvalue weighted by atomic mass is 16.7. The smallest absolute Gasteiger partial charge is 0.364 e. The van der Waals surface area contributed by atoms with Gasteiger partial charge in [-0.1, -0.05) is 0 Å². The lowest BCUT2D eigenvalue weighted by Crippen LogP contribution is -2.67. The van der Waals surface area contributed by atoms with Crippen LogP contribution in [0.2, 0.25) is 0 Å². The Morgan fingerprint density at radius 1 is 1.43 bits per heavy atom. The van der Waals surface area contributed by atoms with Crippen LogP contribution in [0.3, 0.4) is 0 Å². The molecule has 1 fully saturated rings. The Bertz CT molecular complexity index is 403. The molecular formula is C11H19NO9. The number of carboxylic acid groups (broad SMARTS) is 1. The Morgan fingerprint density at radius 2 is 2.00 bits per heavy atom. The molecule has 21 heavy (non-hydrogen) atoms. The van der Waals surface area contributed by atoms with Gasteiger partial charge in [-0.25, -0.2) is 4.79 Å². The third kappa shape index (κ3) is 3.87. The second-order valence-electron chi connectivity index (χ2n) is 4.91. The summed E-state index contributed by atoms with van der Waals surface area (Å²) in [4.78, 5) is 22.1. The molecule has 10 heteroatoms. The highest BCUT2D eigenvalue weighted by Crippen LogP contribution is 2.30. The lowest BCUT2D eigenvalue weighted by molar-refractivity contribution is -0.295. The molecule has 10 nitrogen and oxygen atoms in total. The van der Waals surface area contributed by atoms with Gasteiger partial charge in [0.25, 0.3) is 5.79 Å². The summed E-state index contributed by atoms with van der Waals surface area (Å²) >= 11 is 0. The minimum atomic E-state index is -2.78. The zero-order valence-electron chi connectivity index (χ0n) is 11.2. The minimum absolute atomic E-state index is 0.598. The number of aliphatic carboxylic acids is 1. The monoisotopic (exact) mass is 310 g/mol. The van der Waals surface area contributed by atoms with Gasteiger partial charge >= 0.3 is 5.97 Å². The summed E-state index contributed by atoms with van der Waals surface area (Å²) < 4.78 is 4.86. The van der Waals surface area contributed by atoms with Gasteiger partial charge in [0.05, 0.1) is 18.8 Å². The van der Waals surface area contributed by atoms with Gasteiger partial charge < -0.3 is 40.7 Å². The molecular weight excluding hydrogens is 291 g/mol. The van der Waals surface area contributed by atoms with Crippen LogP contribution >= 0.6 is 0 Å². The van der Waals surface area contributed by atoms with Crippen LogP contribution in [-0.2, 0) is 14.3 Å². The van der Waals surface area contributed by atoms with Gasteiger partial charge in [-0.05, 0) is 0 Å². The van der Waals surface area contributed by atoms with E-state index in [-0.39, 0.29) is 0 Å². The first-order valence-corrected chi connectivity index (χ1v) is 6.18. The van der Waals surface area contributed by atoms with Crippen LogP contribution in [0, 0.1) is 0 Å². The number of carboxylic acids is 1. The van der Waals surface area contributed by atoms with Gasteiger partial charge in [0.1, 0.15) is 18.3 Å². The van der Waals surface area contributed by atoms with Crippen molar-refractivity contribution in [3.8, 4) is 0 Å². The predicted octanol–water partition coefficient (Wildman–Crippen LogP) is -3.87. The van der Waals surface area contributed by atoms with E-state index >= 15 is 0 Å². The van der Waals surface area contributed by atoms with Crippen molar-refractivity contribution in [3.63, 3.8) is 0 Å². The Morgan fingerprint density at radius 3 is 2.43 bits per heavy atom. The van der Waals surface area contributed by atoms with Crippen molar-refractivity contribution in [3.05, 3.63) is 0 Å². The minimum Gasteiger partial charge on any atom is -0.477 e. The molecule has 6 atom stereocenters. The van der Waals surface area contributed by atoms with E-state index in [0.29, 0.717) is 0 Å². The van der Waals surface area contributed by atoms with Crippen LogP contribution in [-0.4, -0.2) is 85.4 Å². The third-order valence-corrected chi connectivity index (χ3v) is 3.21. The number of hydrogen-bond acceptors (Lipinski definition) is 8. The van der Waals surface area contributed by atoms with Gasteiger partial charge in [-0.2, -0.15) is 0 Å². The molecule has 1 aliphatic rings. The first kappa shape index (κ1) is 17.8. The fourth-order valence-electron chi connectivity index (χ4n) is 2.14.